The molecule has 1 aromatic carbocycles. The van der Waals surface area contributed by atoms with E-state index in [1.165, 1.54) is 14.2 Å². The molecule has 0 radical (unpaired) electrons. The number of halogens is 2. The molecule has 0 atom stereocenters. The van der Waals surface area contributed by atoms with Gasteiger partial charge in [-0.1, -0.05) is 65.9 Å². The second-order valence-corrected chi connectivity index (χ2v) is 11.6. The third-order valence-electron chi connectivity index (χ3n) is 1.88. The van der Waals surface area contributed by atoms with E-state index in [9.17, 15) is 0 Å². The molecule has 0 N–H and O–H groups in total. The second kappa shape index (κ2) is 4.77. The molecular weight excluding hydrogens is 320 g/mol. The molecular formula is C11H14Br2Si. The lowest BCUT2D eigenvalue weighted by atomic mass is 10.2. The zero-order valence-electron chi connectivity index (χ0n) is 8.64. The Bertz CT molecular complexity index is 336. The lowest BCUT2D eigenvalue weighted by molar-refractivity contribution is 1.65. The summed E-state index contributed by atoms with van der Waals surface area (Å²) in [5.74, 6) is 0. The molecule has 0 aliphatic carbocycles. The first-order chi connectivity index (χ1) is 6.43. The van der Waals surface area contributed by atoms with Crippen LogP contribution in [0.4, 0.5) is 0 Å². The average molecular weight is 334 g/mol. The van der Waals surface area contributed by atoms with E-state index in [2.05, 4.69) is 75.8 Å². The minimum atomic E-state index is -1.26. The predicted octanol–water partition coefficient (Wildman–Crippen LogP) is 5.02. The first-order valence-corrected chi connectivity index (χ1v) is 9.62. The molecule has 0 aromatic heterocycles. The smallest absolute Gasteiger partial charge is 0.0651 e. The molecule has 0 saturated carbocycles. The Morgan fingerprint density at radius 1 is 1.00 bits per heavy atom. The van der Waals surface area contributed by atoms with Gasteiger partial charge in [-0.2, -0.15) is 0 Å². The van der Waals surface area contributed by atoms with Gasteiger partial charge < -0.3 is 0 Å². The molecule has 1 rings (SSSR count). The van der Waals surface area contributed by atoms with E-state index in [0.29, 0.717) is 0 Å². The SMILES string of the molecule is C[Si](C)(C)C(Br)=C(Br)c1ccccc1. The molecule has 0 saturated heterocycles. The fraction of sp³-hybridized carbons (Fsp3) is 0.273. The van der Waals surface area contributed by atoms with E-state index < -0.39 is 8.07 Å². The third-order valence-corrected chi connectivity index (χ3v) is 9.16. The number of rotatable bonds is 2. The largest absolute Gasteiger partial charge is 0.0880 e. The minimum absolute atomic E-state index is 1.19. The summed E-state index contributed by atoms with van der Waals surface area (Å²) in [5.41, 5.74) is 1.24. The summed E-state index contributed by atoms with van der Waals surface area (Å²) in [4.78, 5) is 0. The Morgan fingerprint density at radius 3 is 1.93 bits per heavy atom. The topological polar surface area (TPSA) is 0 Å². The highest BCUT2D eigenvalue weighted by Gasteiger charge is 2.20. The molecule has 0 nitrogen and oxygen atoms in total. The quantitative estimate of drug-likeness (QED) is 0.666. The molecule has 0 aliphatic heterocycles. The van der Waals surface area contributed by atoms with Crippen LogP contribution in [-0.4, -0.2) is 8.07 Å². The van der Waals surface area contributed by atoms with Crippen molar-refractivity contribution in [2.45, 2.75) is 19.6 Å². The molecule has 0 fully saturated rings. The van der Waals surface area contributed by atoms with Crippen molar-refractivity contribution in [3.63, 3.8) is 0 Å². The van der Waals surface area contributed by atoms with Crippen molar-refractivity contribution in [1.82, 2.24) is 0 Å². The first kappa shape index (κ1) is 12.2. The minimum Gasteiger partial charge on any atom is -0.0651 e. The number of benzene rings is 1. The molecule has 0 amide bonds. The van der Waals surface area contributed by atoms with Gasteiger partial charge in [0.15, 0.2) is 0 Å². The van der Waals surface area contributed by atoms with Gasteiger partial charge in [0, 0.05) is 4.48 Å². The molecule has 76 valence electrons. The van der Waals surface area contributed by atoms with Gasteiger partial charge in [-0.25, -0.2) is 0 Å². The Kier molecular flexibility index (Phi) is 4.16. The van der Waals surface area contributed by atoms with Crippen LogP contribution >= 0.6 is 31.9 Å². The van der Waals surface area contributed by atoms with Crippen molar-refractivity contribution in [1.29, 1.82) is 0 Å². The monoisotopic (exact) mass is 332 g/mol. The molecule has 0 aliphatic rings. The summed E-state index contributed by atoms with van der Waals surface area (Å²) in [6.45, 7) is 6.96. The van der Waals surface area contributed by atoms with E-state index in [-0.39, 0.29) is 0 Å². The summed E-state index contributed by atoms with van der Waals surface area (Å²) < 4.78 is 2.52. The maximum atomic E-state index is 3.69. The van der Waals surface area contributed by atoms with E-state index in [1.54, 1.807) is 0 Å². The lowest BCUT2D eigenvalue weighted by Crippen LogP contribution is -2.20. The zero-order valence-corrected chi connectivity index (χ0v) is 12.8. The van der Waals surface area contributed by atoms with E-state index in [1.807, 2.05) is 6.07 Å². The van der Waals surface area contributed by atoms with Crippen LogP contribution in [-0.2, 0) is 0 Å². The van der Waals surface area contributed by atoms with E-state index >= 15 is 0 Å². The van der Waals surface area contributed by atoms with Gasteiger partial charge in [-0.15, -0.1) is 0 Å². The first-order valence-electron chi connectivity index (χ1n) is 4.54. The summed E-state index contributed by atoms with van der Waals surface area (Å²) >= 11 is 7.35. The van der Waals surface area contributed by atoms with Crippen molar-refractivity contribution < 1.29 is 0 Å². The van der Waals surface area contributed by atoms with E-state index in [4.69, 9.17) is 0 Å². The third kappa shape index (κ3) is 3.07. The van der Waals surface area contributed by atoms with Crippen LogP contribution in [0.3, 0.4) is 0 Å². The van der Waals surface area contributed by atoms with E-state index in [0.717, 1.165) is 0 Å². The standard InChI is InChI=1S/C11H14Br2Si/c1-14(2,3)11(13)10(12)9-7-5-4-6-8-9/h4-8H,1-3H3. The molecule has 0 bridgehead atoms. The van der Waals surface area contributed by atoms with Crippen molar-refractivity contribution in [3.8, 4) is 0 Å². The summed E-state index contributed by atoms with van der Waals surface area (Å²) in [5, 5.41) is 0. The Hall–Kier alpha value is 0.137. The Morgan fingerprint density at radius 2 is 1.50 bits per heavy atom. The normalized spacial score (nSPS) is 13.8. The van der Waals surface area contributed by atoms with Crippen LogP contribution in [0.25, 0.3) is 4.48 Å². The molecule has 0 spiro atoms. The number of hydrogen-bond acceptors (Lipinski definition) is 0. The van der Waals surface area contributed by atoms with Crippen molar-refractivity contribution in [2.75, 3.05) is 0 Å². The van der Waals surface area contributed by atoms with Gasteiger partial charge >= 0.3 is 0 Å². The predicted molar refractivity (Wildman–Crippen MR) is 74.6 cm³/mol. The van der Waals surface area contributed by atoms with Crippen LogP contribution in [0, 0.1) is 0 Å². The van der Waals surface area contributed by atoms with Gasteiger partial charge in [0.2, 0.25) is 0 Å². The maximum absolute atomic E-state index is 3.69. The van der Waals surface area contributed by atoms with Crippen molar-refractivity contribution >= 4 is 44.4 Å². The van der Waals surface area contributed by atoms with Gasteiger partial charge in [0.05, 0.1) is 8.07 Å². The molecule has 1 aromatic rings. The fourth-order valence-corrected chi connectivity index (χ4v) is 4.12. The highest BCUT2D eigenvalue weighted by atomic mass is 79.9. The molecule has 14 heavy (non-hydrogen) atoms. The summed E-state index contributed by atoms with van der Waals surface area (Å²) in [7, 11) is -1.26. The molecule has 0 heterocycles. The Labute approximate surface area is 104 Å². The number of hydrogen-bond donors (Lipinski definition) is 0. The molecule has 0 unspecified atom stereocenters. The zero-order chi connectivity index (χ0) is 10.8. The van der Waals surface area contributed by atoms with Gasteiger partial charge in [0.25, 0.3) is 0 Å². The van der Waals surface area contributed by atoms with Gasteiger partial charge in [-0.3, -0.25) is 0 Å². The highest BCUT2D eigenvalue weighted by molar-refractivity contribution is 9.17. The summed E-state index contributed by atoms with van der Waals surface area (Å²) in [6.07, 6.45) is 0. The fourth-order valence-electron chi connectivity index (χ4n) is 1.04. The van der Waals surface area contributed by atoms with Crippen LogP contribution in [0.1, 0.15) is 5.56 Å². The van der Waals surface area contributed by atoms with Crippen molar-refractivity contribution in [3.05, 3.63) is 40.0 Å². The van der Waals surface area contributed by atoms with Crippen LogP contribution in [0.5, 0.6) is 0 Å². The second-order valence-electron chi connectivity index (χ2n) is 4.24. The molecule has 3 heteroatoms. The summed E-state index contributed by atoms with van der Waals surface area (Å²) in [6, 6.07) is 10.4. The maximum Gasteiger partial charge on any atom is 0.0880 e. The van der Waals surface area contributed by atoms with Crippen LogP contribution < -0.4 is 0 Å². The lowest BCUT2D eigenvalue weighted by Gasteiger charge is -2.17. The van der Waals surface area contributed by atoms with Gasteiger partial charge in [0.1, 0.15) is 0 Å². The van der Waals surface area contributed by atoms with Crippen LogP contribution in [0.15, 0.2) is 34.4 Å². The van der Waals surface area contributed by atoms with Gasteiger partial charge in [-0.05, 0) is 25.6 Å². The highest BCUT2D eigenvalue weighted by Crippen LogP contribution is 2.34. The van der Waals surface area contributed by atoms with Crippen molar-refractivity contribution in [2.24, 2.45) is 0 Å². The van der Waals surface area contributed by atoms with Crippen LogP contribution in [0.2, 0.25) is 19.6 Å². The Balaban J connectivity index is 3.12. The average Bonchev–Trinajstić information content (AvgIpc) is 2.15.